The average Bonchev–Trinajstić information content (AvgIpc) is 2.60. The van der Waals surface area contributed by atoms with Crippen molar-refractivity contribution in [3.8, 4) is 0 Å². The van der Waals surface area contributed by atoms with E-state index >= 15 is 0 Å². The maximum atomic E-state index is 13.3. The number of carboxylic acid groups (broad SMARTS) is 1. The van der Waals surface area contributed by atoms with E-state index in [1.165, 1.54) is 77.0 Å². The van der Waals surface area contributed by atoms with Crippen LogP contribution in [-0.2, 0) is 42.9 Å². The van der Waals surface area contributed by atoms with Gasteiger partial charge in [-0.25, -0.2) is 4.79 Å². The second-order valence-electron chi connectivity index (χ2n) is 23.4. The summed E-state index contributed by atoms with van der Waals surface area (Å²) in [6.07, 6.45) is 71.7. The number of hydrogen-bond donors (Lipinski definition) is 3. The number of ether oxygens (including phenoxy) is 5. The quantitative estimate of drug-likeness (QED) is 0.0228. The van der Waals surface area contributed by atoms with Crippen LogP contribution in [0, 0.1) is 0 Å². The van der Waals surface area contributed by atoms with Gasteiger partial charge in [0.2, 0.25) is 0 Å². The molecular formula is C75H124O12. The van der Waals surface area contributed by atoms with Gasteiger partial charge in [-0.15, -0.1) is 0 Å². The first-order chi connectivity index (χ1) is 42.6. The molecule has 0 aromatic heterocycles. The molecule has 0 aromatic rings. The number of aliphatic hydroxyl groups excluding tert-OH is 2. The molecule has 0 aromatic carbocycles. The highest BCUT2D eigenvalue weighted by molar-refractivity contribution is 5.74. The number of aliphatic hydroxyl groups is 2. The number of carboxylic acids is 1. The van der Waals surface area contributed by atoms with E-state index < -0.39 is 67.3 Å². The van der Waals surface area contributed by atoms with Crippen molar-refractivity contribution in [3.05, 3.63) is 109 Å². The summed E-state index contributed by atoms with van der Waals surface area (Å²) in [6.45, 7) is 5.85. The predicted molar refractivity (Wildman–Crippen MR) is 358 cm³/mol. The Hall–Kier alpha value is -4.62. The molecule has 12 heteroatoms. The van der Waals surface area contributed by atoms with E-state index in [4.69, 9.17) is 23.7 Å². The summed E-state index contributed by atoms with van der Waals surface area (Å²) in [4.78, 5) is 51.5. The molecule has 1 rings (SSSR count). The van der Waals surface area contributed by atoms with Crippen molar-refractivity contribution < 1.29 is 58.2 Å². The monoisotopic (exact) mass is 1220 g/mol. The highest BCUT2D eigenvalue weighted by Gasteiger charge is 2.50. The van der Waals surface area contributed by atoms with Crippen LogP contribution in [0.25, 0.3) is 0 Å². The molecule has 1 aliphatic rings. The van der Waals surface area contributed by atoms with Gasteiger partial charge in [-0.05, 0) is 128 Å². The van der Waals surface area contributed by atoms with Gasteiger partial charge in [-0.3, -0.25) is 14.4 Å². The van der Waals surface area contributed by atoms with Crippen LogP contribution in [0.5, 0.6) is 0 Å². The zero-order valence-electron chi connectivity index (χ0n) is 55.0. The minimum Gasteiger partial charge on any atom is -0.479 e. The van der Waals surface area contributed by atoms with Crippen LogP contribution in [0.1, 0.15) is 290 Å². The summed E-state index contributed by atoms with van der Waals surface area (Å²) in [5.74, 6) is -3.16. The van der Waals surface area contributed by atoms with Crippen molar-refractivity contribution in [2.75, 3.05) is 13.2 Å². The zero-order valence-corrected chi connectivity index (χ0v) is 55.0. The van der Waals surface area contributed by atoms with Crippen LogP contribution in [-0.4, -0.2) is 89.2 Å². The van der Waals surface area contributed by atoms with Gasteiger partial charge in [0.05, 0.1) is 6.61 Å². The zero-order chi connectivity index (χ0) is 63.1. The molecule has 6 atom stereocenters. The van der Waals surface area contributed by atoms with E-state index in [0.717, 1.165) is 154 Å². The molecule has 1 aliphatic heterocycles. The fourth-order valence-electron chi connectivity index (χ4n) is 9.99. The maximum Gasteiger partial charge on any atom is 0.335 e. The van der Waals surface area contributed by atoms with Crippen LogP contribution in [0.3, 0.4) is 0 Å². The second kappa shape index (κ2) is 61.6. The number of allylic oxidation sites excluding steroid dienone is 18. The van der Waals surface area contributed by atoms with Crippen molar-refractivity contribution in [2.24, 2.45) is 0 Å². The van der Waals surface area contributed by atoms with Crippen molar-refractivity contribution in [1.82, 2.24) is 0 Å². The van der Waals surface area contributed by atoms with Gasteiger partial charge in [-0.2, -0.15) is 0 Å². The third-order valence-electron chi connectivity index (χ3n) is 15.3. The molecule has 6 unspecified atom stereocenters. The summed E-state index contributed by atoms with van der Waals surface area (Å²) in [5.41, 5.74) is 0. The van der Waals surface area contributed by atoms with Gasteiger partial charge >= 0.3 is 23.9 Å². The lowest BCUT2D eigenvalue weighted by molar-refractivity contribution is -0.301. The second-order valence-corrected chi connectivity index (χ2v) is 23.4. The van der Waals surface area contributed by atoms with Gasteiger partial charge in [0.25, 0.3) is 0 Å². The first-order valence-corrected chi connectivity index (χ1v) is 34.9. The molecule has 0 radical (unpaired) electrons. The maximum absolute atomic E-state index is 13.3. The molecule has 0 amide bonds. The van der Waals surface area contributed by atoms with Crippen LogP contribution in [0.4, 0.5) is 0 Å². The smallest absolute Gasteiger partial charge is 0.335 e. The lowest BCUT2D eigenvalue weighted by Gasteiger charge is -2.40. The highest BCUT2D eigenvalue weighted by atomic mass is 16.7. The fraction of sp³-hybridized carbons (Fsp3) is 0.707. The molecule has 1 heterocycles. The number of hydrogen-bond acceptors (Lipinski definition) is 11. The average molecular weight is 1220 g/mol. The van der Waals surface area contributed by atoms with Gasteiger partial charge < -0.3 is 39.0 Å². The molecule has 0 saturated carbocycles. The van der Waals surface area contributed by atoms with Crippen LogP contribution in [0.15, 0.2) is 109 Å². The van der Waals surface area contributed by atoms with Crippen molar-refractivity contribution >= 4 is 23.9 Å². The number of aliphatic carboxylic acids is 1. The first-order valence-electron chi connectivity index (χ1n) is 34.9. The van der Waals surface area contributed by atoms with Crippen molar-refractivity contribution in [3.63, 3.8) is 0 Å². The van der Waals surface area contributed by atoms with E-state index in [-0.39, 0.29) is 25.9 Å². The molecule has 12 nitrogen and oxygen atoms in total. The van der Waals surface area contributed by atoms with Crippen molar-refractivity contribution in [1.29, 1.82) is 0 Å². The van der Waals surface area contributed by atoms with E-state index in [1.54, 1.807) is 0 Å². The molecule has 0 aliphatic carbocycles. The van der Waals surface area contributed by atoms with Gasteiger partial charge in [0.15, 0.2) is 24.6 Å². The van der Waals surface area contributed by atoms with Gasteiger partial charge in [-0.1, -0.05) is 252 Å². The molecule has 1 saturated heterocycles. The Balaban J connectivity index is 2.67. The standard InChI is InChI=1S/C75H124O12/c1-4-7-10-13-16-19-22-25-28-31-34-37-40-43-46-49-52-55-58-61-67(76)83-64-66(85-68(77)62-59-56-53-50-47-44-41-38-35-32-29-26-23-20-17-14-11-8-5-2)65-84-75-73(71(80)70(79)72(87-75)74(81)82)86-69(78)63-60-57-54-51-48-45-42-39-36-33-30-27-24-21-18-15-12-9-6-3/h9,12,16-21,25-30,34,36-37,39,66,70-73,75,79-80H,4-8,10-11,13-15,22-24,31-33,35,38,40-65H2,1-3H3,(H,81,82)/b12-9-,19-16-,20-17-,21-18-,28-25-,29-26-,30-27-,37-34-,39-36-. The Morgan fingerprint density at radius 3 is 1.10 bits per heavy atom. The predicted octanol–water partition coefficient (Wildman–Crippen LogP) is 19.4. The Kier molecular flexibility index (Phi) is 56.9. The Bertz CT molecular complexity index is 1930. The molecular weight excluding hydrogens is 1090 g/mol. The summed E-state index contributed by atoms with van der Waals surface area (Å²) < 4.78 is 28.6. The van der Waals surface area contributed by atoms with Crippen LogP contribution >= 0.6 is 0 Å². The fourth-order valence-corrected chi connectivity index (χ4v) is 9.99. The van der Waals surface area contributed by atoms with E-state index in [0.29, 0.717) is 19.3 Å². The Morgan fingerprint density at radius 2 is 0.724 bits per heavy atom. The third-order valence-corrected chi connectivity index (χ3v) is 15.3. The van der Waals surface area contributed by atoms with E-state index in [9.17, 15) is 34.5 Å². The topological polar surface area (TPSA) is 175 Å². The Morgan fingerprint density at radius 1 is 0.391 bits per heavy atom. The largest absolute Gasteiger partial charge is 0.479 e. The molecule has 0 spiro atoms. The number of rotatable bonds is 59. The number of unbranched alkanes of at least 4 members (excludes halogenated alkanes) is 27. The minimum atomic E-state index is -1.92. The molecule has 1 fully saturated rings. The van der Waals surface area contributed by atoms with Crippen LogP contribution < -0.4 is 0 Å². The number of carbonyl (C=O) groups excluding carboxylic acids is 3. The highest BCUT2D eigenvalue weighted by Crippen LogP contribution is 2.27. The van der Waals surface area contributed by atoms with E-state index in [2.05, 4.69) is 130 Å². The third kappa shape index (κ3) is 50.9. The molecule has 3 N–H and O–H groups in total. The first kappa shape index (κ1) is 80.4. The number of esters is 3. The van der Waals surface area contributed by atoms with Gasteiger partial charge in [0, 0.05) is 19.3 Å². The van der Waals surface area contributed by atoms with E-state index in [1.807, 2.05) is 0 Å². The summed E-state index contributed by atoms with van der Waals surface area (Å²) in [6, 6.07) is 0. The minimum absolute atomic E-state index is 0.0380. The van der Waals surface area contributed by atoms with Gasteiger partial charge in [0.1, 0.15) is 18.8 Å². The lowest BCUT2D eigenvalue weighted by Crippen LogP contribution is -2.61. The van der Waals surface area contributed by atoms with Crippen molar-refractivity contribution in [2.45, 2.75) is 327 Å². The number of carbonyl (C=O) groups is 4. The summed E-state index contributed by atoms with van der Waals surface area (Å²) in [5, 5.41) is 31.7. The normalized spacial score (nSPS) is 18.0. The summed E-state index contributed by atoms with van der Waals surface area (Å²) in [7, 11) is 0. The molecule has 0 bridgehead atoms. The molecule has 496 valence electrons. The lowest BCUT2D eigenvalue weighted by atomic mass is 9.98. The molecule has 87 heavy (non-hydrogen) atoms. The van der Waals surface area contributed by atoms with Crippen LogP contribution in [0.2, 0.25) is 0 Å². The Labute approximate surface area is 529 Å². The SMILES string of the molecule is CC/C=C\C/C=C\C/C=C\C/C=C\CCCCCCCCC(=O)OC1C(OCC(COC(=O)CCCCCCCC/C=C\C/C=C\C/C=C\CCCCC)OC(=O)CCCCCCCCCCC/C=C\C/C=C\CCCCC)OC(C(=O)O)C(O)C1O. The summed E-state index contributed by atoms with van der Waals surface area (Å²) >= 11 is 0.